The highest BCUT2D eigenvalue weighted by Gasteiger charge is 2.04. The Morgan fingerprint density at radius 3 is 2.86 bits per heavy atom. The van der Waals surface area contributed by atoms with Crippen LogP contribution in [0.4, 0.5) is 0 Å². The molecule has 1 rings (SSSR count). The molecule has 0 aliphatic rings. The van der Waals surface area contributed by atoms with Gasteiger partial charge in [-0.15, -0.1) is 0 Å². The standard InChI is InChI=1S/C9H12ClNO3/c1-13-5-7(12)6-14-8-2-3-9(10)11-4-8/h2-4,7,12H,5-6H2,1H3. The second-order valence-corrected chi connectivity index (χ2v) is 3.12. The summed E-state index contributed by atoms with van der Waals surface area (Å²) < 4.78 is 9.97. The summed E-state index contributed by atoms with van der Waals surface area (Å²) in [6.07, 6.45) is 0.873. The molecule has 0 radical (unpaired) electrons. The summed E-state index contributed by atoms with van der Waals surface area (Å²) in [7, 11) is 1.52. The van der Waals surface area contributed by atoms with E-state index < -0.39 is 6.10 Å². The van der Waals surface area contributed by atoms with E-state index in [4.69, 9.17) is 21.1 Å². The van der Waals surface area contributed by atoms with E-state index in [0.29, 0.717) is 10.9 Å². The molecule has 0 aliphatic carbocycles. The number of methoxy groups -OCH3 is 1. The predicted molar refractivity (Wildman–Crippen MR) is 52.6 cm³/mol. The second kappa shape index (κ2) is 5.80. The fraction of sp³-hybridized carbons (Fsp3) is 0.444. The van der Waals surface area contributed by atoms with Crippen LogP contribution < -0.4 is 4.74 Å². The van der Waals surface area contributed by atoms with Gasteiger partial charge in [-0.3, -0.25) is 0 Å². The number of nitrogens with zero attached hydrogens (tertiary/aromatic N) is 1. The SMILES string of the molecule is COCC(O)COc1ccc(Cl)nc1. The summed E-state index contributed by atoms with van der Waals surface area (Å²) in [5, 5.41) is 9.68. The van der Waals surface area contributed by atoms with Crippen molar-refractivity contribution in [2.45, 2.75) is 6.10 Å². The molecule has 0 spiro atoms. The van der Waals surface area contributed by atoms with Crippen molar-refractivity contribution in [3.63, 3.8) is 0 Å². The maximum atomic E-state index is 9.27. The Hall–Kier alpha value is -0.840. The van der Waals surface area contributed by atoms with Gasteiger partial charge in [0.05, 0.1) is 12.8 Å². The molecule has 78 valence electrons. The molecule has 0 amide bonds. The van der Waals surface area contributed by atoms with Gasteiger partial charge in [-0.2, -0.15) is 0 Å². The van der Waals surface area contributed by atoms with Crippen LogP contribution >= 0.6 is 11.6 Å². The minimum atomic E-state index is -0.629. The van der Waals surface area contributed by atoms with Crippen LogP contribution in [0.1, 0.15) is 0 Å². The van der Waals surface area contributed by atoms with Crippen molar-refractivity contribution in [2.24, 2.45) is 0 Å². The van der Waals surface area contributed by atoms with E-state index in [1.54, 1.807) is 12.1 Å². The van der Waals surface area contributed by atoms with E-state index >= 15 is 0 Å². The highest BCUT2D eigenvalue weighted by molar-refractivity contribution is 6.29. The molecule has 1 atom stereocenters. The van der Waals surface area contributed by atoms with Crippen molar-refractivity contribution in [1.29, 1.82) is 0 Å². The van der Waals surface area contributed by atoms with Gasteiger partial charge in [0, 0.05) is 7.11 Å². The lowest BCUT2D eigenvalue weighted by Crippen LogP contribution is -2.22. The topological polar surface area (TPSA) is 51.6 Å². The third kappa shape index (κ3) is 3.91. The van der Waals surface area contributed by atoms with E-state index in [1.165, 1.54) is 13.3 Å². The Labute approximate surface area is 87.4 Å². The molecule has 0 bridgehead atoms. The normalized spacial score (nSPS) is 12.5. The fourth-order valence-corrected chi connectivity index (χ4v) is 0.992. The van der Waals surface area contributed by atoms with Crippen LogP contribution in [0.3, 0.4) is 0 Å². The average Bonchev–Trinajstić information content (AvgIpc) is 2.17. The molecule has 1 unspecified atom stereocenters. The summed E-state index contributed by atoms with van der Waals surface area (Å²) in [4.78, 5) is 3.83. The molecule has 1 aromatic heterocycles. The maximum Gasteiger partial charge on any atom is 0.137 e. The van der Waals surface area contributed by atoms with E-state index in [-0.39, 0.29) is 13.2 Å². The molecule has 0 saturated heterocycles. The fourth-order valence-electron chi connectivity index (χ4n) is 0.881. The van der Waals surface area contributed by atoms with Crippen LogP contribution in [0.2, 0.25) is 5.15 Å². The van der Waals surface area contributed by atoms with Crippen molar-refractivity contribution in [3.8, 4) is 5.75 Å². The van der Waals surface area contributed by atoms with Crippen molar-refractivity contribution in [3.05, 3.63) is 23.5 Å². The van der Waals surface area contributed by atoms with Gasteiger partial charge in [0.15, 0.2) is 0 Å². The quantitative estimate of drug-likeness (QED) is 0.751. The van der Waals surface area contributed by atoms with Crippen molar-refractivity contribution in [1.82, 2.24) is 4.98 Å². The van der Waals surface area contributed by atoms with Crippen LogP contribution in [0, 0.1) is 0 Å². The van der Waals surface area contributed by atoms with Gasteiger partial charge in [-0.25, -0.2) is 4.98 Å². The summed E-state index contributed by atoms with van der Waals surface area (Å²) in [6, 6.07) is 3.31. The van der Waals surface area contributed by atoms with Crippen molar-refractivity contribution >= 4 is 11.6 Å². The molecule has 0 aromatic carbocycles. The Morgan fingerprint density at radius 1 is 1.50 bits per heavy atom. The number of hydrogen-bond acceptors (Lipinski definition) is 4. The smallest absolute Gasteiger partial charge is 0.137 e. The second-order valence-electron chi connectivity index (χ2n) is 2.74. The molecular formula is C9H12ClNO3. The Kier molecular flexibility index (Phi) is 4.65. The highest BCUT2D eigenvalue weighted by atomic mass is 35.5. The zero-order valence-electron chi connectivity index (χ0n) is 7.81. The van der Waals surface area contributed by atoms with Gasteiger partial charge >= 0.3 is 0 Å². The van der Waals surface area contributed by atoms with Gasteiger partial charge in [0.2, 0.25) is 0 Å². The van der Waals surface area contributed by atoms with E-state index in [0.717, 1.165) is 0 Å². The number of rotatable bonds is 5. The third-order valence-corrected chi connectivity index (χ3v) is 1.73. The van der Waals surface area contributed by atoms with Crippen molar-refractivity contribution < 1.29 is 14.6 Å². The summed E-state index contributed by atoms with van der Waals surface area (Å²) >= 11 is 5.59. The van der Waals surface area contributed by atoms with E-state index in [2.05, 4.69) is 4.98 Å². The highest BCUT2D eigenvalue weighted by Crippen LogP contribution is 2.12. The summed E-state index contributed by atoms with van der Waals surface area (Å²) in [5.74, 6) is 0.574. The lowest BCUT2D eigenvalue weighted by atomic mass is 10.4. The largest absolute Gasteiger partial charge is 0.489 e. The van der Waals surface area contributed by atoms with Gasteiger partial charge in [-0.05, 0) is 12.1 Å². The molecule has 0 aliphatic heterocycles. The lowest BCUT2D eigenvalue weighted by molar-refractivity contribution is 0.0324. The van der Waals surface area contributed by atoms with Crippen LogP contribution in [0.5, 0.6) is 5.75 Å². The first-order valence-electron chi connectivity index (χ1n) is 4.13. The third-order valence-electron chi connectivity index (χ3n) is 1.50. The number of aliphatic hydroxyl groups is 1. The van der Waals surface area contributed by atoms with Gasteiger partial charge in [0.1, 0.15) is 23.6 Å². The lowest BCUT2D eigenvalue weighted by Gasteiger charge is -2.10. The summed E-state index contributed by atoms with van der Waals surface area (Å²) in [5.41, 5.74) is 0. The van der Waals surface area contributed by atoms with Crippen molar-refractivity contribution in [2.75, 3.05) is 20.3 Å². The number of aromatic nitrogens is 1. The molecule has 0 fully saturated rings. The molecule has 14 heavy (non-hydrogen) atoms. The van der Waals surface area contributed by atoms with E-state index in [1.807, 2.05) is 0 Å². The molecular weight excluding hydrogens is 206 g/mol. The number of hydrogen-bond donors (Lipinski definition) is 1. The predicted octanol–water partition coefficient (Wildman–Crippen LogP) is 1.12. The first-order valence-corrected chi connectivity index (χ1v) is 4.51. The van der Waals surface area contributed by atoms with Crippen LogP contribution in [0.25, 0.3) is 0 Å². The van der Waals surface area contributed by atoms with Crippen LogP contribution in [-0.2, 0) is 4.74 Å². The molecule has 5 heteroatoms. The minimum absolute atomic E-state index is 0.178. The number of halogens is 1. The molecule has 1 N–H and O–H groups in total. The maximum absolute atomic E-state index is 9.27. The van der Waals surface area contributed by atoms with Gasteiger partial charge in [-0.1, -0.05) is 11.6 Å². The van der Waals surface area contributed by atoms with Crippen LogP contribution in [-0.4, -0.2) is 36.5 Å². The molecule has 4 nitrogen and oxygen atoms in total. The molecule has 1 aromatic rings. The van der Waals surface area contributed by atoms with Crippen LogP contribution in [0.15, 0.2) is 18.3 Å². The zero-order valence-corrected chi connectivity index (χ0v) is 8.57. The first kappa shape index (κ1) is 11.2. The monoisotopic (exact) mass is 217 g/mol. The van der Waals surface area contributed by atoms with Gasteiger partial charge < -0.3 is 14.6 Å². The number of ether oxygens (including phenoxy) is 2. The Bertz CT molecular complexity index is 265. The van der Waals surface area contributed by atoms with Gasteiger partial charge in [0.25, 0.3) is 0 Å². The zero-order chi connectivity index (χ0) is 10.4. The minimum Gasteiger partial charge on any atom is -0.489 e. The number of aliphatic hydroxyl groups excluding tert-OH is 1. The first-order chi connectivity index (χ1) is 6.72. The molecule has 1 heterocycles. The number of pyridine rings is 1. The average molecular weight is 218 g/mol. The summed E-state index contributed by atoms with van der Waals surface area (Å²) in [6.45, 7) is 0.429. The Morgan fingerprint density at radius 2 is 2.29 bits per heavy atom. The Balaban J connectivity index is 2.34. The van der Waals surface area contributed by atoms with E-state index in [9.17, 15) is 5.11 Å². The molecule has 0 saturated carbocycles.